The standard InChI is InChI=1S/C26H30N4O3/c1-3-28(4-2)16-17-29-15-13-19-18-20(11-12-23(19)29)27-24(31)10-7-14-30-25(32)21-8-5-6-9-22(21)26(30)33/h5-6,8-9,11-13,15,18H,3-4,7,10,14,16-17H2,1-2H3,(H,27,31). The number of carbonyl (C=O) groups is 3. The third kappa shape index (κ3) is 4.83. The van der Waals surface area contributed by atoms with Gasteiger partial charge in [0.05, 0.1) is 11.1 Å². The summed E-state index contributed by atoms with van der Waals surface area (Å²) in [6.45, 7) is 8.58. The number of fused-ring (bicyclic) bond motifs is 2. The van der Waals surface area contributed by atoms with Crippen molar-refractivity contribution >= 4 is 34.3 Å². The fourth-order valence-electron chi connectivity index (χ4n) is 4.33. The van der Waals surface area contributed by atoms with Crippen LogP contribution in [-0.4, -0.2) is 58.3 Å². The first kappa shape index (κ1) is 22.7. The van der Waals surface area contributed by atoms with Crippen molar-refractivity contribution in [2.45, 2.75) is 33.2 Å². The van der Waals surface area contributed by atoms with Crippen molar-refractivity contribution in [3.8, 4) is 0 Å². The van der Waals surface area contributed by atoms with Gasteiger partial charge in [-0.25, -0.2) is 0 Å². The van der Waals surface area contributed by atoms with Gasteiger partial charge in [0.25, 0.3) is 11.8 Å². The second-order valence-electron chi connectivity index (χ2n) is 8.27. The van der Waals surface area contributed by atoms with E-state index >= 15 is 0 Å². The van der Waals surface area contributed by atoms with Gasteiger partial charge in [-0.05, 0) is 55.9 Å². The van der Waals surface area contributed by atoms with E-state index < -0.39 is 0 Å². The molecule has 2 heterocycles. The molecule has 4 rings (SSSR count). The van der Waals surface area contributed by atoms with Gasteiger partial charge >= 0.3 is 0 Å². The molecule has 0 saturated carbocycles. The lowest BCUT2D eigenvalue weighted by atomic mass is 10.1. The van der Waals surface area contributed by atoms with E-state index in [4.69, 9.17) is 0 Å². The second-order valence-corrected chi connectivity index (χ2v) is 8.27. The lowest BCUT2D eigenvalue weighted by Crippen LogP contribution is -2.31. The summed E-state index contributed by atoms with van der Waals surface area (Å²) >= 11 is 0. The van der Waals surface area contributed by atoms with Crippen LogP contribution < -0.4 is 5.32 Å². The van der Waals surface area contributed by atoms with E-state index in [1.807, 2.05) is 18.2 Å². The average Bonchev–Trinajstić information content (AvgIpc) is 3.33. The number of nitrogens with one attached hydrogen (secondary N) is 1. The summed E-state index contributed by atoms with van der Waals surface area (Å²) in [6.07, 6.45) is 2.74. The van der Waals surface area contributed by atoms with Gasteiger partial charge in [-0.3, -0.25) is 19.3 Å². The second kappa shape index (κ2) is 10.0. The molecule has 1 aliphatic rings. The van der Waals surface area contributed by atoms with Crippen LogP contribution in [0.2, 0.25) is 0 Å². The van der Waals surface area contributed by atoms with Crippen LogP contribution in [0.3, 0.4) is 0 Å². The maximum Gasteiger partial charge on any atom is 0.261 e. The van der Waals surface area contributed by atoms with E-state index in [1.54, 1.807) is 24.3 Å². The molecule has 0 aliphatic carbocycles. The minimum absolute atomic E-state index is 0.132. The lowest BCUT2D eigenvalue weighted by Gasteiger charge is -2.18. The topological polar surface area (TPSA) is 74.7 Å². The van der Waals surface area contributed by atoms with E-state index in [-0.39, 0.29) is 30.7 Å². The molecular formula is C26H30N4O3. The third-order valence-corrected chi connectivity index (χ3v) is 6.27. The first-order chi connectivity index (χ1) is 16.0. The Hall–Kier alpha value is -3.45. The molecule has 1 aromatic heterocycles. The smallest absolute Gasteiger partial charge is 0.261 e. The predicted molar refractivity (Wildman–Crippen MR) is 129 cm³/mol. The fourth-order valence-corrected chi connectivity index (χ4v) is 4.33. The highest BCUT2D eigenvalue weighted by molar-refractivity contribution is 6.21. The molecule has 0 radical (unpaired) electrons. The molecule has 1 N–H and O–H groups in total. The van der Waals surface area contributed by atoms with Crippen molar-refractivity contribution in [2.75, 3.05) is 31.5 Å². The van der Waals surface area contributed by atoms with Crippen molar-refractivity contribution < 1.29 is 14.4 Å². The molecule has 0 bridgehead atoms. The van der Waals surface area contributed by atoms with Gasteiger partial charge < -0.3 is 14.8 Å². The molecule has 0 saturated heterocycles. The van der Waals surface area contributed by atoms with E-state index in [9.17, 15) is 14.4 Å². The molecule has 3 amide bonds. The normalized spacial score (nSPS) is 13.2. The molecule has 7 nitrogen and oxygen atoms in total. The first-order valence-corrected chi connectivity index (χ1v) is 11.6. The number of rotatable bonds is 10. The third-order valence-electron chi connectivity index (χ3n) is 6.27. The molecule has 0 spiro atoms. The predicted octanol–water partition coefficient (Wildman–Crippen LogP) is 4.00. The molecule has 1 aliphatic heterocycles. The largest absolute Gasteiger partial charge is 0.346 e. The van der Waals surface area contributed by atoms with Gasteiger partial charge in [0.15, 0.2) is 0 Å². The van der Waals surface area contributed by atoms with E-state index in [0.29, 0.717) is 17.5 Å². The Labute approximate surface area is 194 Å². The van der Waals surface area contributed by atoms with Crippen LogP contribution in [0.5, 0.6) is 0 Å². The highest BCUT2D eigenvalue weighted by Gasteiger charge is 2.34. The number of anilines is 1. The minimum atomic E-state index is -0.285. The quantitative estimate of drug-likeness (QED) is 0.478. The Morgan fingerprint density at radius 3 is 2.30 bits per heavy atom. The first-order valence-electron chi connectivity index (χ1n) is 11.6. The Kier molecular flexibility index (Phi) is 6.89. The van der Waals surface area contributed by atoms with Crippen molar-refractivity contribution in [1.82, 2.24) is 14.4 Å². The summed E-state index contributed by atoms with van der Waals surface area (Å²) in [5.74, 6) is -0.703. The Bertz CT molecular complexity index is 1140. The van der Waals surface area contributed by atoms with Crippen LogP contribution in [0.25, 0.3) is 10.9 Å². The number of imide groups is 1. The van der Waals surface area contributed by atoms with E-state index in [0.717, 1.165) is 42.8 Å². The summed E-state index contributed by atoms with van der Waals surface area (Å²) in [5.41, 5.74) is 2.76. The van der Waals surface area contributed by atoms with Crippen LogP contribution >= 0.6 is 0 Å². The monoisotopic (exact) mass is 446 g/mol. The van der Waals surface area contributed by atoms with Crippen molar-refractivity contribution in [3.63, 3.8) is 0 Å². The number of aromatic nitrogens is 1. The summed E-state index contributed by atoms with van der Waals surface area (Å²) in [6, 6.07) is 14.8. The molecular weight excluding hydrogens is 416 g/mol. The molecule has 0 unspecified atom stereocenters. The van der Waals surface area contributed by atoms with Crippen LogP contribution in [0.4, 0.5) is 5.69 Å². The van der Waals surface area contributed by atoms with Crippen LogP contribution in [0.15, 0.2) is 54.7 Å². The number of likely N-dealkylation sites (N-methyl/N-ethyl adjacent to an activating group) is 1. The van der Waals surface area contributed by atoms with Crippen LogP contribution in [0, 0.1) is 0 Å². The molecule has 2 aromatic carbocycles. The van der Waals surface area contributed by atoms with Gasteiger partial charge in [-0.1, -0.05) is 26.0 Å². The minimum Gasteiger partial charge on any atom is -0.346 e. The maximum atomic E-state index is 12.4. The highest BCUT2D eigenvalue weighted by Crippen LogP contribution is 2.23. The summed E-state index contributed by atoms with van der Waals surface area (Å²) < 4.78 is 2.24. The van der Waals surface area contributed by atoms with Gasteiger partial charge in [0.1, 0.15) is 0 Å². The van der Waals surface area contributed by atoms with Crippen molar-refractivity contribution in [2.24, 2.45) is 0 Å². The SMILES string of the molecule is CCN(CC)CCn1ccc2cc(NC(=O)CCCN3C(=O)c4ccccc4C3=O)ccc21. The molecule has 3 aromatic rings. The van der Waals surface area contributed by atoms with E-state index in [2.05, 4.69) is 40.9 Å². The summed E-state index contributed by atoms with van der Waals surface area (Å²) in [5, 5.41) is 4.01. The molecule has 172 valence electrons. The van der Waals surface area contributed by atoms with Gasteiger partial charge in [0.2, 0.25) is 5.91 Å². The van der Waals surface area contributed by atoms with Gasteiger partial charge in [-0.15, -0.1) is 0 Å². The fraction of sp³-hybridized carbons (Fsp3) is 0.346. The number of hydrogen-bond acceptors (Lipinski definition) is 4. The number of amides is 3. The number of nitrogens with zero attached hydrogens (tertiary/aromatic N) is 3. The van der Waals surface area contributed by atoms with Crippen LogP contribution in [-0.2, 0) is 11.3 Å². The lowest BCUT2D eigenvalue weighted by molar-refractivity contribution is -0.116. The zero-order chi connectivity index (χ0) is 23.4. The molecule has 0 atom stereocenters. The summed E-state index contributed by atoms with van der Waals surface area (Å²) in [4.78, 5) is 40.9. The van der Waals surface area contributed by atoms with Crippen LogP contribution in [0.1, 0.15) is 47.4 Å². The zero-order valence-electron chi connectivity index (χ0n) is 19.2. The van der Waals surface area contributed by atoms with Gasteiger partial charge in [0, 0.05) is 48.8 Å². The Balaban J connectivity index is 1.29. The highest BCUT2D eigenvalue weighted by atomic mass is 16.2. The van der Waals surface area contributed by atoms with Crippen molar-refractivity contribution in [1.29, 1.82) is 0 Å². The Morgan fingerprint density at radius 2 is 1.64 bits per heavy atom. The number of carbonyl (C=O) groups excluding carboxylic acids is 3. The zero-order valence-corrected chi connectivity index (χ0v) is 19.2. The van der Waals surface area contributed by atoms with E-state index in [1.165, 1.54) is 4.90 Å². The molecule has 0 fully saturated rings. The molecule has 7 heteroatoms. The van der Waals surface area contributed by atoms with Crippen molar-refractivity contribution in [3.05, 3.63) is 65.9 Å². The number of hydrogen-bond donors (Lipinski definition) is 1. The van der Waals surface area contributed by atoms with Gasteiger partial charge in [-0.2, -0.15) is 0 Å². The molecule has 33 heavy (non-hydrogen) atoms. The summed E-state index contributed by atoms with van der Waals surface area (Å²) in [7, 11) is 0. The number of benzene rings is 2. The Morgan fingerprint density at radius 1 is 0.939 bits per heavy atom. The maximum absolute atomic E-state index is 12.4. The average molecular weight is 447 g/mol.